The van der Waals surface area contributed by atoms with E-state index in [-0.39, 0.29) is 5.91 Å². The number of aryl methyl sites for hydroxylation is 1. The van der Waals surface area contributed by atoms with Crippen LogP contribution in [0.5, 0.6) is 0 Å². The number of rotatable bonds is 5. The maximum absolute atomic E-state index is 11.6. The summed E-state index contributed by atoms with van der Waals surface area (Å²) in [6, 6.07) is -0.424. The Kier molecular flexibility index (Phi) is 4.49. The number of amides is 1. The van der Waals surface area contributed by atoms with E-state index in [9.17, 15) is 4.79 Å². The topological polar surface area (TPSA) is 83.8 Å². The second-order valence-corrected chi connectivity index (χ2v) is 4.47. The van der Waals surface area contributed by atoms with Gasteiger partial charge in [-0.15, -0.1) is 0 Å². The molecule has 1 atom stereocenters. The van der Waals surface area contributed by atoms with Gasteiger partial charge in [-0.25, -0.2) is 0 Å². The first kappa shape index (κ1) is 12.7. The van der Waals surface area contributed by atoms with Crippen molar-refractivity contribution in [3.8, 4) is 0 Å². The van der Waals surface area contributed by atoms with Crippen LogP contribution in [0, 0.1) is 12.8 Å². The summed E-state index contributed by atoms with van der Waals surface area (Å²) < 4.78 is 0. The average molecular weight is 224 g/mol. The van der Waals surface area contributed by atoms with Gasteiger partial charge in [-0.05, 0) is 19.3 Å². The molecule has 0 aliphatic rings. The van der Waals surface area contributed by atoms with Crippen molar-refractivity contribution in [2.24, 2.45) is 11.7 Å². The van der Waals surface area contributed by atoms with Crippen LogP contribution >= 0.6 is 0 Å². The summed E-state index contributed by atoms with van der Waals surface area (Å²) in [5.41, 5.74) is 7.72. The molecule has 1 unspecified atom stereocenters. The fourth-order valence-corrected chi connectivity index (χ4v) is 1.48. The van der Waals surface area contributed by atoms with Crippen LogP contribution in [0.4, 0.5) is 0 Å². The van der Waals surface area contributed by atoms with Crippen molar-refractivity contribution < 1.29 is 4.79 Å². The van der Waals surface area contributed by atoms with Gasteiger partial charge in [0, 0.05) is 17.8 Å². The fraction of sp³-hybridized carbons (Fsp3) is 0.636. The number of nitrogens with one attached hydrogen (secondary N) is 2. The predicted octanol–water partition coefficient (Wildman–Crippen LogP) is 0.708. The lowest BCUT2D eigenvalue weighted by Crippen LogP contribution is -2.41. The van der Waals surface area contributed by atoms with E-state index < -0.39 is 6.04 Å². The number of hydrogen-bond acceptors (Lipinski definition) is 3. The van der Waals surface area contributed by atoms with Crippen LogP contribution in [0.2, 0.25) is 0 Å². The molecule has 0 saturated heterocycles. The van der Waals surface area contributed by atoms with E-state index >= 15 is 0 Å². The van der Waals surface area contributed by atoms with Crippen molar-refractivity contribution in [2.45, 2.75) is 39.8 Å². The summed E-state index contributed by atoms with van der Waals surface area (Å²) in [4.78, 5) is 11.6. The lowest BCUT2D eigenvalue weighted by atomic mass is 10.0. The first-order chi connectivity index (χ1) is 7.50. The van der Waals surface area contributed by atoms with Gasteiger partial charge in [0.1, 0.15) is 0 Å². The van der Waals surface area contributed by atoms with Gasteiger partial charge >= 0.3 is 0 Å². The van der Waals surface area contributed by atoms with Gasteiger partial charge < -0.3 is 11.1 Å². The molecule has 0 aromatic carbocycles. The number of H-pyrrole nitrogens is 1. The van der Waals surface area contributed by atoms with Crippen LogP contribution in [0.25, 0.3) is 0 Å². The molecule has 0 spiro atoms. The Morgan fingerprint density at radius 3 is 2.81 bits per heavy atom. The van der Waals surface area contributed by atoms with Gasteiger partial charge in [0.25, 0.3) is 0 Å². The first-order valence-electron chi connectivity index (χ1n) is 5.52. The summed E-state index contributed by atoms with van der Waals surface area (Å²) in [5.74, 6) is 0.325. The lowest BCUT2D eigenvalue weighted by Gasteiger charge is -2.13. The quantitative estimate of drug-likeness (QED) is 0.688. The van der Waals surface area contributed by atoms with Gasteiger partial charge in [-0.2, -0.15) is 5.10 Å². The Morgan fingerprint density at radius 2 is 2.31 bits per heavy atom. The monoisotopic (exact) mass is 224 g/mol. The van der Waals surface area contributed by atoms with Crippen LogP contribution in [-0.2, 0) is 11.3 Å². The van der Waals surface area contributed by atoms with Gasteiger partial charge in [0.05, 0.1) is 12.2 Å². The fourth-order valence-electron chi connectivity index (χ4n) is 1.48. The zero-order valence-corrected chi connectivity index (χ0v) is 10.1. The molecule has 0 aliphatic carbocycles. The maximum Gasteiger partial charge on any atom is 0.237 e. The minimum atomic E-state index is -0.424. The zero-order valence-electron chi connectivity index (χ0n) is 10.1. The number of aromatic nitrogens is 2. The highest BCUT2D eigenvalue weighted by Gasteiger charge is 2.14. The van der Waals surface area contributed by atoms with Crippen molar-refractivity contribution in [3.05, 3.63) is 17.5 Å². The molecule has 5 heteroatoms. The number of carbonyl (C=O) groups is 1. The molecular formula is C11H20N4O. The van der Waals surface area contributed by atoms with Crippen LogP contribution in [-0.4, -0.2) is 22.1 Å². The highest BCUT2D eigenvalue weighted by atomic mass is 16.2. The minimum absolute atomic E-state index is 0.102. The Morgan fingerprint density at radius 1 is 1.62 bits per heavy atom. The van der Waals surface area contributed by atoms with Crippen LogP contribution in [0.15, 0.2) is 6.20 Å². The summed E-state index contributed by atoms with van der Waals surface area (Å²) in [7, 11) is 0. The van der Waals surface area contributed by atoms with E-state index in [2.05, 4.69) is 15.5 Å². The summed E-state index contributed by atoms with van der Waals surface area (Å²) in [5, 5.41) is 9.51. The molecule has 0 saturated carbocycles. The first-order valence-corrected chi connectivity index (χ1v) is 5.52. The number of nitrogens with two attached hydrogens (primary N) is 1. The van der Waals surface area contributed by atoms with E-state index in [4.69, 9.17) is 5.73 Å². The smallest absolute Gasteiger partial charge is 0.237 e. The van der Waals surface area contributed by atoms with Crippen molar-refractivity contribution in [3.63, 3.8) is 0 Å². The number of aromatic amines is 1. The molecule has 4 N–H and O–H groups in total. The molecular weight excluding hydrogens is 204 g/mol. The molecule has 1 amide bonds. The third-order valence-corrected chi connectivity index (χ3v) is 2.45. The van der Waals surface area contributed by atoms with Gasteiger partial charge in [0.2, 0.25) is 5.91 Å². The van der Waals surface area contributed by atoms with Gasteiger partial charge in [0.15, 0.2) is 0 Å². The van der Waals surface area contributed by atoms with Crippen molar-refractivity contribution >= 4 is 5.91 Å². The van der Waals surface area contributed by atoms with E-state index in [1.165, 1.54) is 0 Å². The van der Waals surface area contributed by atoms with Crippen molar-refractivity contribution in [2.75, 3.05) is 0 Å². The van der Waals surface area contributed by atoms with Gasteiger partial charge in [-0.3, -0.25) is 9.89 Å². The third-order valence-electron chi connectivity index (χ3n) is 2.45. The zero-order chi connectivity index (χ0) is 12.1. The number of hydrogen-bond donors (Lipinski definition) is 3. The Balaban J connectivity index is 2.38. The molecule has 0 bridgehead atoms. The molecule has 0 radical (unpaired) electrons. The second-order valence-electron chi connectivity index (χ2n) is 4.47. The van der Waals surface area contributed by atoms with Crippen molar-refractivity contribution in [1.82, 2.24) is 15.5 Å². The second kappa shape index (κ2) is 5.65. The molecule has 90 valence electrons. The van der Waals surface area contributed by atoms with Crippen LogP contribution in [0.3, 0.4) is 0 Å². The largest absolute Gasteiger partial charge is 0.351 e. The lowest BCUT2D eigenvalue weighted by molar-refractivity contribution is -0.122. The molecule has 5 nitrogen and oxygen atoms in total. The van der Waals surface area contributed by atoms with Crippen molar-refractivity contribution in [1.29, 1.82) is 0 Å². The SMILES string of the molecule is Cc1[nH]ncc1CNC(=O)C(N)CC(C)C. The Bertz CT molecular complexity index is 346. The van der Waals surface area contributed by atoms with Gasteiger partial charge in [-0.1, -0.05) is 13.8 Å². The normalized spacial score (nSPS) is 12.8. The highest BCUT2D eigenvalue weighted by molar-refractivity contribution is 5.81. The summed E-state index contributed by atoms with van der Waals surface area (Å²) in [6.45, 7) is 6.50. The van der Waals surface area contributed by atoms with E-state index in [1.54, 1.807) is 6.20 Å². The number of nitrogens with zero attached hydrogens (tertiary/aromatic N) is 1. The number of carbonyl (C=O) groups excluding carboxylic acids is 1. The molecule has 16 heavy (non-hydrogen) atoms. The van der Waals surface area contributed by atoms with E-state index in [0.717, 1.165) is 11.3 Å². The predicted molar refractivity (Wildman–Crippen MR) is 62.6 cm³/mol. The molecule has 1 heterocycles. The van der Waals surface area contributed by atoms with E-state index in [0.29, 0.717) is 18.9 Å². The van der Waals surface area contributed by atoms with Crippen LogP contribution in [0.1, 0.15) is 31.5 Å². The van der Waals surface area contributed by atoms with Crippen LogP contribution < -0.4 is 11.1 Å². The molecule has 0 aliphatic heterocycles. The molecule has 1 rings (SSSR count). The minimum Gasteiger partial charge on any atom is -0.351 e. The third kappa shape index (κ3) is 3.66. The molecule has 0 fully saturated rings. The molecule has 1 aromatic heterocycles. The molecule has 1 aromatic rings. The van der Waals surface area contributed by atoms with E-state index in [1.807, 2.05) is 20.8 Å². The highest BCUT2D eigenvalue weighted by Crippen LogP contribution is 2.04. The maximum atomic E-state index is 11.6. The standard InChI is InChI=1S/C11H20N4O/c1-7(2)4-10(12)11(16)13-5-9-6-14-15-8(9)3/h6-7,10H,4-5,12H2,1-3H3,(H,13,16)(H,14,15). The average Bonchev–Trinajstić information content (AvgIpc) is 2.59. The Labute approximate surface area is 95.8 Å². The summed E-state index contributed by atoms with van der Waals surface area (Å²) >= 11 is 0. The Hall–Kier alpha value is -1.36. The summed E-state index contributed by atoms with van der Waals surface area (Å²) in [6.07, 6.45) is 2.42.